The molecule has 2 heterocycles. The summed E-state index contributed by atoms with van der Waals surface area (Å²) in [4.78, 5) is 26.3. The molecule has 0 saturated carbocycles. The highest BCUT2D eigenvalue weighted by Gasteiger charge is 2.21. The Labute approximate surface area is 189 Å². The predicted octanol–water partition coefficient (Wildman–Crippen LogP) is 6.73. The maximum Gasteiger partial charge on any atom is 0.235 e. The van der Waals surface area contributed by atoms with Crippen LogP contribution in [-0.4, -0.2) is 12.4 Å². The van der Waals surface area contributed by atoms with Crippen LogP contribution >= 0.6 is 22.9 Å². The number of hydrogen-bond acceptors (Lipinski definition) is 5. The Morgan fingerprint density at radius 1 is 1.10 bits per heavy atom. The number of fused-ring (bicyclic) bond motifs is 1. The second-order valence-corrected chi connectivity index (χ2v) is 9.63. The van der Waals surface area contributed by atoms with E-state index >= 15 is 0 Å². The third-order valence-electron chi connectivity index (χ3n) is 4.97. The summed E-state index contributed by atoms with van der Waals surface area (Å²) < 4.78 is 11.8. The summed E-state index contributed by atoms with van der Waals surface area (Å²) >= 11 is 7.41. The lowest BCUT2D eigenvalue weighted by molar-refractivity contribution is 0.0924. The molecule has 158 valence electrons. The van der Waals surface area contributed by atoms with E-state index in [-0.39, 0.29) is 29.0 Å². The summed E-state index contributed by atoms with van der Waals surface area (Å²) in [5.41, 5.74) is 1.88. The van der Waals surface area contributed by atoms with E-state index in [9.17, 15) is 9.59 Å². The molecule has 31 heavy (non-hydrogen) atoms. The molecular weight excluding hydrogens is 432 g/mol. The van der Waals surface area contributed by atoms with Crippen molar-refractivity contribution in [1.82, 2.24) is 0 Å². The first-order chi connectivity index (χ1) is 14.7. The molecule has 0 atom stereocenters. The van der Waals surface area contributed by atoms with Gasteiger partial charge in [0.15, 0.2) is 12.4 Å². The number of thiophene rings is 1. The van der Waals surface area contributed by atoms with E-state index in [1.54, 1.807) is 30.3 Å². The van der Waals surface area contributed by atoms with E-state index in [2.05, 4.69) is 20.8 Å². The largest absolute Gasteiger partial charge is 0.478 e. The molecule has 0 amide bonds. The molecule has 2 aromatic heterocycles. The normalized spacial score (nSPS) is 11.6. The van der Waals surface area contributed by atoms with Gasteiger partial charge in [-0.1, -0.05) is 62.7 Å². The fourth-order valence-corrected chi connectivity index (χ4v) is 4.06. The van der Waals surface area contributed by atoms with Gasteiger partial charge in [0.25, 0.3) is 0 Å². The number of rotatable bonds is 5. The average Bonchev–Trinajstić information content (AvgIpc) is 3.28. The molecule has 0 aliphatic heterocycles. The molecule has 0 N–H and O–H groups in total. The first kappa shape index (κ1) is 21.3. The van der Waals surface area contributed by atoms with Crippen LogP contribution in [-0.2, 0) is 5.41 Å². The van der Waals surface area contributed by atoms with Crippen molar-refractivity contribution in [2.45, 2.75) is 26.2 Å². The highest BCUT2D eigenvalue weighted by atomic mass is 35.5. The molecule has 0 fully saturated rings. The first-order valence-corrected chi connectivity index (χ1v) is 11.1. The molecule has 0 saturated heterocycles. The van der Waals surface area contributed by atoms with Gasteiger partial charge in [-0.05, 0) is 40.6 Å². The summed E-state index contributed by atoms with van der Waals surface area (Å²) in [7, 11) is 0. The number of ether oxygens (including phenoxy) is 1. The third-order valence-corrected chi connectivity index (χ3v) is 6.11. The van der Waals surface area contributed by atoms with Crippen LogP contribution in [0.2, 0.25) is 5.02 Å². The maximum atomic E-state index is 13.2. The zero-order valence-electron chi connectivity index (χ0n) is 17.4. The van der Waals surface area contributed by atoms with Crippen LogP contribution in [0.1, 0.15) is 36.0 Å². The van der Waals surface area contributed by atoms with Crippen LogP contribution in [0.15, 0.2) is 69.2 Å². The zero-order chi connectivity index (χ0) is 22.2. The zero-order valence-corrected chi connectivity index (χ0v) is 19.0. The van der Waals surface area contributed by atoms with Crippen molar-refractivity contribution >= 4 is 39.7 Å². The number of carbonyl (C=O) groups is 1. The summed E-state index contributed by atoms with van der Waals surface area (Å²) in [6.45, 7) is 6.14. The Morgan fingerprint density at radius 3 is 2.48 bits per heavy atom. The lowest BCUT2D eigenvalue weighted by Crippen LogP contribution is -2.16. The highest BCUT2D eigenvalue weighted by molar-refractivity contribution is 7.12. The second kappa shape index (κ2) is 8.33. The van der Waals surface area contributed by atoms with Crippen molar-refractivity contribution in [3.05, 3.63) is 85.7 Å². The van der Waals surface area contributed by atoms with Gasteiger partial charge >= 0.3 is 0 Å². The molecule has 0 aliphatic rings. The van der Waals surface area contributed by atoms with Crippen LogP contribution in [0, 0.1) is 0 Å². The minimum absolute atomic E-state index is 0.00295. The van der Waals surface area contributed by atoms with Crippen molar-refractivity contribution in [1.29, 1.82) is 0 Å². The van der Waals surface area contributed by atoms with E-state index in [0.29, 0.717) is 32.2 Å². The molecule has 4 rings (SSSR count). The molecule has 2 aromatic carbocycles. The van der Waals surface area contributed by atoms with Crippen LogP contribution in [0.5, 0.6) is 5.75 Å². The molecule has 0 aliphatic carbocycles. The van der Waals surface area contributed by atoms with E-state index in [1.807, 2.05) is 29.6 Å². The highest BCUT2D eigenvalue weighted by Crippen LogP contribution is 2.33. The summed E-state index contributed by atoms with van der Waals surface area (Å²) in [5.74, 6) is 0.0945. The van der Waals surface area contributed by atoms with Gasteiger partial charge in [0.1, 0.15) is 5.58 Å². The van der Waals surface area contributed by atoms with Gasteiger partial charge in [-0.3, -0.25) is 9.59 Å². The predicted molar refractivity (Wildman–Crippen MR) is 126 cm³/mol. The van der Waals surface area contributed by atoms with Crippen LogP contribution in [0.3, 0.4) is 0 Å². The Bertz CT molecular complexity index is 1300. The van der Waals surface area contributed by atoms with Crippen molar-refractivity contribution in [2.75, 3.05) is 6.61 Å². The minimum atomic E-state index is -0.363. The van der Waals surface area contributed by atoms with Gasteiger partial charge in [-0.25, -0.2) is 0 Å². The molecule has 6 heteroatoms. The number of hydrogen-bond donors (Lipinski definition) is 0. The number of halogens is 1. The van der Waals surface area contributed by atoms with Gasteiger partial charge in [-0.15, -0.1) is 11.3 Å². The third kappa shape index (κ3) is 4.43. The Hall–Kier alpha value is -2.89. The van der Waals surface area contributed by atoms with Gasteiger partial charge < -0.3 is 9.15 Å². The monoisotopic (exact) mass is 452 g/mol. The van der Waals surface area contributed by atoms with E-state index < -0.39 is 0 Å². The standard InChI is InChI=1S/C25H21ClO4S/c1-25(2,3)16-8-6-15(7-9-16)23-24(29-14-19(27)21-5-4-12-31-21)22(28)18-13-17(26)10-11-20(18)30-23/h4-13H,14H2,1-3H3. The fourth-order valence-electron chi connectivity index (χ4n) is 3.24. The Balaban J connectivity index is 1.80. The lowest BCUT2D eigenvalue weighted by atomic mass is 9.86. The first-order valence-electron chi connectivity index (χ1n) is 9.81. The Kier molecular flexibility index (Phi) is 5.73. The van der Waals surface area contributed by atoms with Crippen molar-refractivity contribution < 1.29 is 13.9 Å². The molecule has 0 spiro atoms. The van der Waals surface area contributed by atoms with Gasteiger partial charge in [0, 0.05) is 10.6 Å². The molecule has 4 nitrogen and oxygen atoms in total. The van der Waals surface area contributed by atoms with Crippen molar-refractivity contribution in [3.63, 3.8) is 0 Å². The topological polar surface area (TPSA) is 56.5 Å². The van der Waals surface area contributed by atoms with Crippen molar-refractivity contribution in [3.8, 4) is 17.1 Å². The lowest BCUT2D eigenvalue weighted by Gasteiger charge is -2.19. The quantitative estimate of drug-likeness (QED) is 0.315. The van der Waals surface area contributed by atoms with Gasteiger partial charge in [0.2, 0.25) is 17.0 Å². The number of carbonyl (C=O) groups excluding carboxylic acids is 1. The fraction of sp³-hybridized carbons (Fsp3) is 0.200. The smallest absolute Gasteiger partial charge is 0.235 e. The molecule has 4 aromatic rings. The summed E-state index contributed by atoms with van der Waals surface area (Å²) in [5, 5.41) is 2.55. The number of benzene rings is 2. The van der Waals surface area contributed by atoms with E-state index in [1.165, 1.54) is 11.3 Å². The minimum Gasteiger partial charge on any atom is -0.478 e. The molecule has 0 unspecified atom stereocenters. The van der Waals surface area contributed by atoms with E-state index in [4.69, 9.17) is 20.8 Å². The summed E-state index contributed by atoms with van der Waals surface area (Å²) in [6, 6.07) is 16.2. The van der Waals surface area contributed by atoms with Crippen molar-refractivity contribution in [2.24, 2.45) is 0 Å². The summed E-state index contributed by atoms with van der Waals surface area (Å²) in [6.07, 6.45) is 0. The SMILES string of the molecule is CC(C)(C)c1ccc(-c2oc3ccc(Cl)cc3c(=O)c2OCC(=O)c2cccs2)cc1. The second-order valence-electron chi connectivity index (χ2n) is 8.25. The maximum absolute atomic E-state index is 13.2. The molecular formula is C25H21ClO4S. The van der Waals surface area contributed by atoms with Crippen LogP contribution < -0.4 is 10.2 Å². The van der Waals surface area contributed by atoms with Gasteiger partial charge in [-0.2, -0.15) is 0 Å². The average molecular weight is 453 g/mol. The van der Waals surface area contributed by atoms with Crippen LogP contribution in [0.25, 0.3) is 22.3 Å². The number of ketones is 1. The molecule has 0 radical (unpaired) electrons. The van der Waals surface area contributed by atoms with Crippen LogP contribution in [0.4, 0.5) is 0 Å². The Morgan fingerprint density at radius 2 is 1.84 bits per heavy atom. The molecule has 0 bridgehead atoms. The van der Waals surface area contributed by atoms with Gasteiger partial charge in [0.05, 0.1) is 10.3 Å². The number of Topliss-reactive ketones (excluding diaryl/α,β-unsaturated/α-hetero) is 1. The van der Waals surface area contributed by atoms with E-state index in [0.717, 1.165) is 5.56 Å².